The summed E-state index contributed by atoms with van der Waals surface area (Å²) >= 11 is 6.01. The molecule has 1 amide bonds. The molecule has 1 aromatic heterocycles. The van der Waals surface area contributed by atoms with E-state index in [1.807, 2.05) is 37.3 Å². The molecule has 0 aliphatic carbocycles. The fourth-order valence-corrected chi connectivity index (χ4v) is 2.68. The second kappa shape index (κ2) is 8.18. The van der Waals surface area contributed by atoms with Gasteiger partial charge >= 0.3 is 0 Å². The molecule has 0 spiro atoms. The highest BCUT2D eigenvalue weighted by Gasteiger charge is 2.18. The number of aryl methyl sites for hydroxylation is 1. The summed E-state index contributed by atoms with van der Waals surface area (Å²) in [5.41, 5.74) is 1.64. The average molecular weight is 385 g/mol. The number of hydrogen-bond acceptors (Lipinski definition) is 3. The molecule has 2 aromatic carbocycles. The Hall–Kier alpha value is -2.92. The lowest BCUT2D eigenvalue weighted by molar-refractivity contribution is 0.0937. The van der Waals surface area contributed by atoms with Crippen LogP contribution < -0.4 is 10.1 Å². The summed E-state index contributed by atoms with van der Waals surface area (Å²) in [6.07, 6.45) is 1.37. The van der Waals surface area contributed by atoms with E-state index < -0.39 is 5.82 Å². The van der Waals surface area contributed by atoms with Gasteiger partial charge in [0.05, 0.1) is 11.1 Å². The van der Waals surface area contributed by atoms with Crippen molar-refractivity contribution in [1.29, 1.82) is 0 Å². The van der Waals surface area contributed by atoms with Gasteiger partial charge < -0.3 is 10.1 Å². The lowest BCUT2D eigenvalue weighted by Gasteiger charge is -2.16. The van der Waals surface area contributed by atoms with Crippen molar-refractivity contribution in [2.24, 2.45) is 0 Å². The minimum absolute atomic E-state index is 0.0559. The number of rotatable bonds is 5. The number of hydrogen-bond donors (Lipinski definition) is 1. The van der Waals surface area contributed by atoms with Crippen LogP contribution in [0.4, 0.5) is 4.39 Å². The Bertz CT molecular complexity index is 964. The van der Waals surface area contributed by atoms with Gasteiger partial charge in [0.25, 0.3) is 5.91 Å². The summed E-state index contributed by atoms with van der Waals surface area (Å²) in [6, 6.07) is 15.3. The first kappa shape index (κ1) is 18.9. The van der Waals surface area contributed by atoms with E-state index in [-0.39, 0.29) is 29.1 Å². The molecule has 0 aliphatic rings. The fourth-order valence-electron chi connectivity index (χ4n) is 2.52. The number of halogens is 2. The third-order valence-corrected chi connectivity index (χ3v) is 4.27. The number of pyridine rings is 1. The molecule has 3 aromatic rings. The van der Waals surface area contributed by atoms with Crippen molar-refractivity contribution in [2.75, 3.05) is 0 Å². The molecule has 0 bridgehead atoms. The van der Waals surface area contributed by atoms with Gasteiger partial charge in [-0.05, 0) is 37.1 Å². The van der Waals surface area contributed by atoms with E-state index in [0.717, 1.165) is 5.56 Å². The van der Waals surface area contributed by atoms with Crippen LogP contribution in [0, 0.1) is 12.7 Å². The Balaban J connectivity index is 1.84. The lowest BCUT2D eigenvalue weighted by atomic mass is 10.1. The van der Waals surface area contributed by atoms with E-state index in [2.05, 4.69) is 10.3 Å². The summed E-state index contributed by atoms with van der Waals surface area (Å²) in [6.45, 7) is 3.53. The number of nitrogens with zero attached hydrogens (tertiary/aromatic N) is 1. The van der Waals surface area contributed by atoms with Crippen molar-refractivity contribution < 1.29 is 13.9 Å². The standard InChI is InChI=1S/C21H18ClFN2O2/c1-13-8-9-17(11-19(13)23)27-21-18(10-16(22)12-24-21)20(26)25-14(2)15-6-4-3-5-7-15/h3-12,14H,1-2H3,(H,25,26)/t14-/m0/s1. The van der Waals surface area contributed by atoms with Crippen molar-refractivity contribution in [1.82, 2.24) is 10.3 Å². The van der Waals surface area contributed by atoms with Crippen LogP contribution in [-0.2, 0) is 0 Å². The van der Waals surface area contributed by atoms with Gasteiger partial charge in [0.2, 0.25) is 5.88 Å². The highest BCUT2D eigenvalue weighted by atomic mass is 35.5. The second-order valence-electron chi connectivity index (χ2n) is 6.13. The molecule has 0 aliphatic heterocycles. The van der Waals surface area contributed by atoms with Crippen LogP contribution in [0.1, 0.15) is 34.5 Å². The Morgan fingerprint density at radius 3 is 2.63 bits per heavy atom. The number of amides is 1. The van der Waals surface area contributed by atoms with Crippen LogP contribution in [0.2, 0.25) is 5.02 Å². The minimum Gasteiger partial charge on any atom is -0.438 e. The van der Waals surface area contributed by atoms with E-state index in [1.165, 1.54) is 18.3 Å². The van der Waals surface area contributed by atoms with Gasteiger partial charge in [0.1, 0.15) is 17.1 Å². The molecule has 138 valence electrons. The monoisotopic (exact) mass is 384 g/mol. The molecule has 0 radical (unpaired) electrons. The van der Waals surface area contributed by atoms with E-state index in [1.54, 1.807) is 19.1 Å². The molecule has 1 atom stereocenters. The number of carbonyl (C=O) groups is 1. The van der Waals surface area contributed by atoms with Gasteiger partial charge in [-0.25, -0.2) is 9.37 Å². The maximum Gasteiger partial charge on any atom is 0.257 e. The smallest absolute Gasteiger partial charge is 0.257 e. The van der Waals surface area contributed by atoms with Crippen molar-refractivity contribution in [3.8, 4) is 11.6 Å². The van der Waals surface area contributed by atoms with Gasteiger partial charge in [-0.15, -0.1) is 0 Å². The topological polar surface area (TPSA) is 51.2 Å². The Morgan fingerprint density at radius 2 is 1.93 bits per heavy atom. The third kappa shape index (κ3) is 4.63. The predicted molar refractivity (Wildman–Crippen MR) is 103 cm³/mol. The number of carbonyl (C=O) groups excluding carboxylic acids is 1. The maximum atomic E-state index is 13.8. The summed E-state index contributed by atoms with van der Waals surface area (Å²) in [7, 11) is 0. The molecule has 1 N–H and O–H groups in total. The Morgan fingerprint density at radius 1 is 1.19 bits per heavy atom. The van der Waals surface area contributed by atoms with Gasteiger partial charge in [-0.3, -0.25) is 4.79 Å². The average Bonchev–Trinajstić information content (AvgIpc) is 2.66. The second-order valence-corrected chi connectivity index (χ2v) is 6.56. The summed E-state index contributed by atoms with van der Waals surface area (Å²) in [4.78, 5) is 16.8. The van der Waals surface area contributed by atoms with Gasteiger partial charge in [-0.2, -0.15) is 0 Å². The molecule has 0 saturated carbocycles. The summed E-state index contributed by atoms with van der Waals surface area (Å²) < 4.78 is 19.4. The molecule has 1 heterocycles. The molecule has 0 saturated heterocycles. The van der Waals surface area contributed by atoms with E-state index in [0.29, 0.717) is 10.6 Å². The zero-order valence-corrected chi connectivity index (χ0v) is 15.6. The number of nitrogens with one attached hydrogen (secondary N) is 1. The highest BCUT2D eigenvalue weighted by Crippen LogP contribution is 2.27. The van der Waals surface area contributed by atoms with Crippen LogP contribution in [0.3, 0.4) is 0 Å². The van der Waals surface area contributed by atoms with Crippen molar-refractivity contribution in [3.63, 3.8) is 0 Å². The zero-order valence-electron chi connectivity index (χ0n) is 14.9. The zero-order chi connectivity index (χ0) is 19.4. The fraction of sp³-hybridized carbons (Fsp3) is 0.143. The predicted octanol–water partition coefficient (Wildman–Crippen LogP) is 5.47. The van der Waals surface area contributed by atoms with Crippen molar-refractivity contribution in [3.05, 3.63) is 88.3 Å². The van der Waals surface area contributed by atoms with Gasteiger partial charge in [-0.1, -0.05) is 48.0 Å². The molecule has 27 heavy (non-hydrogen) atoms. The summed E-state index contributed by atoms with van der Waals surface area (Å²) in [5, 5.41) is 3.20. The molecule has 3 rings (SSSR count). The van der Waals surface area contributed by atoms with Gasteiger partial charge in [0.15, 0.2) is 0 Å². The highest BCUT2D eigenvalue weighted by molar-refractivity contribution is 6.30. The molecular weight excluding hydrogens is 367 g/mol. The molecular formula is C21H18ClFN2O2. The van der Waals surface area contributed by atoms with Crippen molar-refractivity contribution >= 4 is 17.5 Å². The molecule has 6 heteroatoms. The maximum absolute atomic E-state index is 13.8. The van der Waals surface area contributed by atoms with E-state index in [4.69, 9.17) is 16.3 Å². The first-order valence-corrected chi connectivity index (χ1v) is 8.77. The third-order valence-electron chi connectivity index (χ3n) is 4.07. The number of benzene rings is 2. The van der Waals surface area contributed by atoms with Crippen LogP contribution >= 0.6 is 11.6 Å². The number of aromatic nitrogens is 1. The summed E-state index contributed by atoms with van der Waals surface area (Å²) in [5.74, 6) is -0.479. The molecule has 0 unspecified atom stereocenters. The SMILES string of the molecule is Cc1ccc(Oc2ncc(Cl)cc2C(=O)N[C@@H](C)c2ccccc2)cc1F. The van der Waals surface area contributed by atoms with E-state index in [9.17, 15) is 9.18 Å². The molecule has 4 nitrogen and oxygen atoms in total. The van der Waals surface area contributed by atoms with E-state index >= 15 is 0 Å². The van der Waals surface area contributed by atoms with Crippen LogP contribution in [0.5, 0.6) is 11.6 Å². The van der Waals surface area contributed by atoms with Crippen molar-refractivity contribution in [2.45, 2.75) is 19.9 Å². The van der Waals surface area contributed by atoms with Gasteiger partial charge in [0, 0.05) is 12.3 Å². The number of ether oxygens (including phenoxy) is 1. The Labute approximate surface area is 162 Å². The van der Waals surface area contributed by atoms with Crippen LogP contribution in [0.25, 0.3) is 0 Å². The first-order chi connectivity index (χ1) is 12.9. The largest absolute Gasteiger partial charge is 0.438 e. The lowest BCUT2D eigenvalue weighted by Crippen LogP contribution is -2.27. The molecule has 0 fully saturated rings. The van der Waals surface area contributed by atoms with Crippen LogP contribution in [0.15, 0.2) is 60.8 Å². The normalized spacial score (nSPS) is 11.7. The first-order valence-electron chi connectivity index (χ1n) is 8.39. The Kier molecular flexibility index (Phi) is 5.72. The van der Waals surface area contributed by atoms with Crippen LogP contribution in [-0.4, -0.2) is 10.9 Å². The minimum atomic E-state index is -0.398. The quantitative estimate of drug-likeness (QED) is 0.635.